The van der Waals surface area contributed by atoms with Gasteiger partial charge in [-0.05, 0) is 6.92 Å². The number of carbonyl (C=O) groups is 1. The van der Waals surface area contributed by atoms with E-state index in [-0.39, 0.29) is 0 Å². The van der Waals surface area contributed by atoms with Crippen LogP contribution in [-0.4, -0.2) is 12.8 Å². The van der Waals surface area contributed by atoms with Crippen molar-refractivity contribution in [1.82, 2.24) is 5.32 Å². The molecule has 12 heavy (non-hydrogen) atoms. The topological polar surface area (TPSA) is 42.2 Å². The highest BCUT2D eigenvalue weighted by atomic mass is 16.3. The summed E-state index contributed by atoms with van der Waals surface area (Å²) in [5, 5.41) is 3.24. The number of hydrogen-bond acceptors (Lipinski definition) is 3. The standard InChI is InChI=1S/C9H11NO2/c1-6-7-4-10-3-2-8(7)12-9(6)5-11/h5,10H,2-4H2,1H3. The summed E-state index contributed by atoms with van der Waals surface area (Å²) in [5.74, 6) is 1.47. The second kappa shape index (κ2) is 2.75. The summed E-state index contributed by atoms with van der Waals surface area (Å²) >= 11 is 0. The molecule has 0 saturated heterocycles. The molecule has 0 aromatic carbocycles. The third-order valence-electron chi connectivity index (χ3n) is 2.33. The maximum absolute atomic E-state index is 10.5. The van der Waals surface area contributed by atoms with Crippen LogP contribution in [0.25, 0.3) is 0 Å². The van der Waals surface area contributed by atoms with Gasteiger partial charge in [0.1, 0.15) is 5.76 Å². The Morgan fingerprint density at radius 2 is 2.42 bits per heavy atom. The van der Waals surface area contributed by atoms with Gasteiger partial charge in [-0.25, -0.2) is 0 Å². The van der Waals surface area contributed by atoms with E-state index < -0.39 is 0 Å². The van der Waals surface area contributed by atoms with Crippen LogP contribution in [0, 0.1) is 6.92 Å². The normalized spacial score (nSPS) is 15.8. The van der Waals surface area contributed by atoms with Gasteiger partial charge in [-0.15, -0.1) is 0 Å². The van der Waals surface area contributed by atoms with Crippen LogP contribution in [-0.2, 0) is 13.0 Å². The first-order valence-electron chi connectivity index (χ1n) is 4.10. The molecule has 0 aliphatic carbocycles. The number of nitrogens with one attached hydrogen (secondary N) is 1. The van der Waals surface area contributed by atoms with E-state index in [0.29, 0.717) is 5.76 Å². The van der Waals surface area contributed by atoms with Crippen LogP contribution in [0.5, 0.6) is 0 Å². The first-order chi connectivity index (χ1) is 5.83. The quantitative estimate of drug-likeness (QED) is 0.632. The fraction of sp³-hybridized carbons (Fsp3) is 0.444. The highest BCUT2D eigenvalue weighted by molar-refractivity contribution is 5.74. The summed E-state index contributed by atoms with van der Waals surface area (Å²) in [6, 6.07) is 0. The monoisotopic (exact) mass is 165 g/mol. The second-order valence-electron chi connectivity index (χ2n) is 3.04. The van der Waals surface area contributed by atoms with E-state index in [1.54, 1.807) is 0 Å². The second-order valence-corrected chi connectivity index (χ2v) is 3.04. The molecule has 0 spiro atoms. The highest BCUT2D eigenvalue weighted by Gasteiger charge is 2.18. The summed E-state index contributed by atoms with van der Waals surface area (Å²) in [4.78, 5) is 10.5. The molecule has 3 heteroatoms. The molecule has 0 saturated carbocycles. The smallest absolute Gasteiger partial charge is 0.185 e. The molecular formula is C9H11NO2. The van der Waals surface area contributed by atoms with Crippen LogP contribution in [0.2, 0.25) is 0 Å². The van der Waals surface area contributed by atoms with E-state index in [0.717, 1.165) is 37.1 Å². The van der Waals surface area contributed by atoms with Crippen LogP contribution >= 0.6 is 0 Å². The molecule has 0 unspecified atom stereocenters. The third-order valence-corrected chi connectivity index (χ3v) is 2.33. The number of aldehydes is 1. The van der Waals surface area contributed by atoms with Gasteiger partial charge in [-0.1, -0.05) is 0 Å². The minimum atomic E-state index is 0.490. The van der Waals surface area contributed by atoms with Crippen molar-refractivity contribution in [2.75, 3.05) is 6.54 Å². The number of carbonyl (C=O) groups excluding carboxylic acids is 1. The van der Waals surface area contributed by atoms with Crippen molar-refractivity contribution in [3.8, 4) is 0 Å². The Balaban J connectivity index is 2.51. The maximum atomic E-state index is 10.5. The average molecular weight is 165 g/mol. The molecule has 0 bridgehead atoms. The predicted molar refractivity (Wildman–Crippen MR) is 44.2 cm³/mol. The Labute approximate surface area is 70.8 Å². The highest BCUT2D eigenvalue weighted by Crippen LogP contribution is 2.23. The van der Waals surface area contributed by atoms with Crippen LogP contribution in [0.1, 0.15) is 27.4 Å². The minimum absolute atomic E-state index is 0.490. The van der Waals surface area contributed by atoms with E-state index in [9.17, 15) is 4.79 Å². The van der Waals surface area contributed by atoms with Crippen molar-refractivity contribution < 1.29 is 9.21 Å². The van der Waals surface area contributed by atoms with Gasteiger partial charge in [0.05, 0.1) is 0 Å². The van der Waals surface area contributed by atoms with Crippen LogP contribution in [0.15, 0.2) is 4.42 Å². The molecule has 2 rings (SSSR count). The summed E-state index contributed by atoms with van der Waals surface area (Å²) in [5.41, 5.74) is 2.16. The lowest BCUT2D eigenvalue weighted by Gasteiger charge is -2.10. The Kier molecular flexibility index (Phi) is 1.73. The van der Waals surface area contributed by atoms with Crippen molar-refractivity contribution in [3.05, 3.63) is 22.6 Å². The fourth-order valence-electron chi connectivity index (χ4n) is 1.59. The van der Waals surface area contributed by atoms with Crippen molar-refractivity contribution in [3.63, 3.8) is 0 Å². The molecule has 0 atom stereocenters. The SMILES string of the molecule is Cc1c(C=O)oc2c1CNCC2. The number of rotatable bonds is 1. The van der Waals surface area contributed by atoms with Gasteiger partial charge in [0, 0.05) is 30.6 Å². The van der Waals surface area contributed by atoms with E-state index in [1.165, 1.54) is 5.56 Å². The van der Waals surface area contributed by atoms with E-state index in [4.69, 9.17) is 4.42 Å². The molecule has 0 amide bonds. The summed E-state index contributed by atoms with van der Waals surface area (Å²) < 4.78 is 5.38. The Morgan fingerprint density at radius 3 is 3.08 bits per heavy atom. The van der Waals surface area contributed by atoms with Gasteiger partial charge in [-0.3, -0.25) is 4.79 Å². The lowest BCUT2D eigenvalue weighted by molar-refractivity contribution is 0.109. The van der Waals surface area contributed by atoms with E-state index >= 15 is 0 Å². The summed E-state index contributed by atoms with van der Waals surface area (Å²) in [7, 11) is 0. The average Bonchev–Trinajstić information content (AvgIpc) is 2.44. The lowest BCUT2D eigenvalue weighted by atomic mass is 10.1. The van der Waals surface area contributed by atoms with E-state index in [1.807, 2.05) is 6.92 Å². The van der Waals surface area contributed by atoms with Crippen molar-refractivity contribution in [1.29, 1.82) is 0 Å². The van der Waals surface area contributed by atoms with Crippen molar-refractivity contribution in [2.45, 2.75) is 19.9 Å². The molecule has 0 fully saturated rings. The van der Waals surface area contributed by atoms with E-state index in [2.05, 4.69) is 5.32 Å². The van der Waals surface area contributed by atoms with Gasteiger partial charge in [-0.2, -0.15) is 0 Å². The van der Waals surface area contributed by atoms with Crippen LogP contribution < -0.4 is 5.32 Å². The lowest BCUT2D eigenvalue weighted by Crippen LogP contribution is -2.22. The zero-order chi connectivity index (χ0) is 8.55. The zero-order valence-electron chi connectivity index (χ0n) is 7.02. The molecule has 3 nitrogen and oxygen atoms in total. The molecule has 1 aliphatic rings. The molecule has 0 radical (unpaired) electrons. The fourth-order valence-corrected chi connectivity index (χ4v) is 1.59. The molecule has 1 N–H and O–H groups in total. The first-order valence-corrected chi connectivity index (χ1v) is 4.10. The molecule has 1 aromatic heterocycles. The maximum Gasteiger partial charge on any atom is 0.185 e. The van der Waals surface area contributed by atoms with Crippen LogP contribution in [0.4, 0.5) is 0 Å². The van der Waals surface area contributed by atoms with Gasteiger partial charge >= 0.3 is 0 Å². The number of fused-ring (bicyclic) bond motifs is 1. The molecule has 64 valence electrons. The van der Waals surface area contributed by atoms with Crippen LogP contribution in [0.3, 0.4) is 0 Å². The third kappa shape index (κ3) is 0.975. The first kappa shape index (κ1) is 7.55. The van der Waals surface area contributed by atoms with Gasteiger partial charge in [0.25, 0.3) is 0 Å². The van der Waals surface area contributed by atoms with Crippen molar-refractivity contribution >= 4 is 6.29 Å². The number of hydrogen-bond donors (Lipinski definition) is 1. The minimum Gasteiger partial charge on any atom is -0.458 e. The Morgan fingerprint density at radius 1 is 1.58 bits per heavy atom. The largest absolute Gasteiger partial charge is 0.458 e. The van der Waals surface area contributed by atoms with Crippen molar-refractivity contribution in [2.24, 2.45) is 0 Å². The van der Waals surface area contributed by atoms with Gasteiger partial charge < -0.3 is 9.73 Å². The zero-order valence-corrected chi connectivity index (χ0v) is 7.02. The Bertz CT molecular complexity index is 315. The predicted octanol–water partition coefficient (Wildman–Crippen LogP) is 1.05. The molecule has 2 heterocycles. The number of furan rings is 1. The summed E-state index contributed by atoms with van der Waals surface area (Å²) in [6.45, 7) is 3.70. The van der Waals surface area contributed by atoms with Gasteiger partial charge in [0.15, 0.2) is 12.0 Å². The Hall–Kier alpha value is -1.09. The summed E-state index contributed by atoms with van der Waals surface area (Å²) in [6.07, 6.45) is 1.68. The molecule has 1 aliphatic heterocycles. The molecule has 1 aromatic rings. The van der Waals surface area contributed by atoms with Gasteiger partial charge in [0.2, 0.25) is 0 Å². The molecular weight excluding hydrogens is 154 g/mol.